The van der Waals surface area contributed by atoms with Crippen molar-refractivity contribution in [1.29, 1.82) is 0 Å². The normalized spacial score (nSPS) is 15.9. The van der Waals surface area contributed by atoms with Gasteiger partial charge >= 0.3 is 0 Å². The minimum Gasteiger partial charge on any atom is -0.494 e. The van der Waals surface area contributed by atoms with Gasteiger partial charge in [-0.25, -0.2) is 4.98 Å². The fourth-order valence-corrected chi connectivity index (χ4v) is 2.12. The summed E-state index contributed by atoms with van der Waals surface area (Å²) < 4.78 is 16.0. The van der Waals surface area contributed by atoms with Crippen molar-refractivity contribution in [1.82, 2.24) is 4.98 Å². The molecule has 17 heavy (non-hydrogen) atoms. The van der Waals surface area contributed by atoms with Crippen molar-refractivity contribution >= 4 is 16.7 Å². The second-order valence-electron chi connectivity index (χ2n) is 3.90. The van der Waals surface area contributed by atoms with Crippen molar-refractivity contribution in [3.8, 4) is 5.75 Å². The Morgan fingerprint density at radius 1 is 1.35 bits per heavy atom. The van der Waals surface area contributed by atoms with Crippen LogP contribution in [0.25, 0.3) is 16.7 Å². The third kappa shape index (κ3) is 1.70. The van der Waals surface area contributed by atoms with Gasteiger partial charge in [0, 0.05) is 5.56 Å². The van der Waals surface area contributed by atoms with Crippen molar-refractivity contribution < 1.29 is 13.9 Å². The Balaban J connectivity index is 2.17. The largest absolute Gasteiger partial charge is 0.494 e. The summed E-state index contributed by atoms with van der Waals surface area (Å²) in [5, 5.41) is 0. The number of ether oxygens (including phenoxy) is 2. The van der Waals surface area contributed by atoms with Gasteiger partial charge in [-0.1, -0.05) is 6.08 Å². The van der Waals surface area contributed by atoms with Crippen molar-refractivity contribution in [3.05, 3.63) is 30.2 Å². The molecule has 0 radical (unpaired) electrons. The number of rotatable bonds is 2. The van der Waals surface area contributed by atoms with E-state index in [1.807, 2.05) is 12.1 Å². The Kier molecular flexibility index (Phi) is 2.57. The summed E-state index contributed by atoms with van der Waals surface area (Å²) in [6.45, 7) is 1.42. The maximum Gasteiger partial charge on any atom is 0.182 e. The molecule has 0 bridgehead atoms. The lowest BCUT2D eigenvalue weighted by atomic mass is 10.0. The summed E-state index contributed by atoms with van der Waals surface area (Å²) in [7, 11) is 1.64. The van der Waals surface area contributed by atoms with Gasteiger partial charge in [-0.3, -0.25) is 0 Å². The first-order chi connectivity index (χ1) is 8.40. The van der Waals surface area contributed by atoms with Crippen LogP contribution in [0, 0.1) is 0 Å². The number of aromatic nitrogens is 1. The lowest BCUT2D eigenvalue weighted by Crippen LogP contribution is -2.04. The molecule has 0 saturated heterocycles. The lowest BCUT2D eigenvalue weighted by Gasteiger charge is -2.14. The minimum absolute atomic E-state index is 0.664. The van der Waals surface area contributed by atoms with Crippen LogP contribution >= 0.6 is 0 Å². The smallest absolute Gasteiger partial charge is 0.182 e. The molecule has 1 aliphatic heterocycles. The molecule has 2 aromatic rings. The first-order valence-electron chi connectivity index (χ1n) is 5.57. The van der Waals surface area contributed by atoms with Gasteiger partial charge < -0.3 is 13.9 Å². The Morgan fingerprint density at radius 3 is 3.06 bits per heavy atom. The molecule has 0 unspecified atom stereocenters. The number of fused-ring (bicyclic) bond motifs is 1. The van der Waals surface area contributed by atoms with Crippen LogP contribution in [-0.4, -0.2) is 25.3 Å². The van der Waals surface area contributed by atoms with Gasteiger partial charge in [0.25, 0.3) is 0 Å². The van der Waals surface area contributed by atoms with Crippen LogP contribution < -0.4 is 4.74 Å². The molecule has 0 N–H and O–H groups in total. The van der Waals surface area contributed by atoms with Gasteiger partial charge in [0.2, 0.25) is 0 Å². The molecule has 1 aliphatic rings. The predicted octanol–water partition coefficient (Wildman–Crippen LogP) is 2.64. The molecule has 4 nitrogen and oxygen atoms in total. The molecule has 1 aromatic heterocycles. The topological polar surface area (TPSA) is 44.5 Å². The van der Waals surface area contributed by atoms with E-state index < -0.39 is 0 Å². The molecule has 0 fully saturated rings. The van der Waals surface area contributed by atoms with Crippen LogP contribution in [0.4, 0.5) is 0 Å². The van der Waals surface area contributed by atoms with E-state index in [4.69, 9.17) is 13.9 Å². The van der Waals surface area contributed by atoms with E-state index in [1.54, 1.807) is 7.11 Å². The molecule has 0 aliphatic carbocycles. The molecule has 0 saturated carbocycles. The van der Waals surface area contributed by atoms with Crippen LogP contribution in [0.15, 0.2) is 29.0 Å². The first kappa shape index (κ1) is 10.4. The monoisotopic (exact) mass is 231 g/mol. The number of oxazole rings is 1. The summed E-state index contributed by atoms with van der Waals surface area (Å²) in [6.07, 6.45) is 4.45. The molecule has 0 spiro atoms. The Hall–Kier alpha value is -1.81. The number of hydrogen-bond donors (Lipinski definition) is 0. The maximum atomic E-state index is 5.47. The van der Waals surface area contributed by atoms with E-state index in [1.165, 1.54) is 12.0 Å². The molecule has 1 aromatic carbocycles. The molecule has 3 rings (SSSR count). The van der Waals surface area contributed by atoms with E-state index in [-0.39, 0.29) is 0 Å². The first-order valence-corrected chi connectivity index (χ1v) is 5.57. The molecule has 0 amide bonds. The Labute approximate surface area is 98.8 Å². The van der Waals surface area contributed by atoms with Gasteiger partial charge in [-0.2, -0.15) is 0 Å². The highest BCUT2D eigenvalue weighted by Gasteiger charge is 2.15. The van der Waals surface area contributed by atoms with Crippen LogP contribution in [0.2, 0.25) is 0 Å². The minimum atomic E-state index is 0.664. The number of nitrogens with zero attached hydrogens (tertiary/aromatic N) is 1. The van der Waals surface area contributed by atoms with Gasteiger partial charge in [0.15, 0.2) is 17.5 Å². The average Bonchev–Trinajstić information content (AvgIpc) is 2.88. The maximum absolute atomic E-state index is 5.47. The summed E-state index contributed by atoms with van der Waals surface area (Å²) in [5.74, 6) is 0.741. The summed E-state index contributed by atoms with van der Waals surface area (Å²) in [6, 6.07) is 3.94. The van der Waals surface area contributed by atoms with Gasteiger partial charge in [0.1, 0.15) is 5.75 Å². The predicted molar refractivity (Wildman–Crippen MR) is 64.0 cm³/mol. The van der Waals surface area contributed by atoms with Crippen LogP contribution in [-0.2, 0) is 4.74 Å². The van der Waals surface area contributed by atoms with Crippen LogP contribution in [0.5, 0.6) is 5.75 Å². The van der Waals surface area contributed by atoms with Gasteiger partial charge in [-0.05, 0) is 24.1 Å². The fraction of sp³-hybridized carbons (Fsp3) is 0.308. The Morgan fingerprint density at radius 2 is 2.29 bits per heavy atom. The highest BCUT2D eigenvalue weighted by Crippen LogP contribution is 2.33. The number of hydrogen-bond acceptors (Lipinski definition) is 4. The van der Waals surface area contributed by atoms with E-state index in [0.717, 1.165) is 35.4 Å². The number of benzene rings is 1. The quantitative estimate of drug-likeness (QED) is 0.797. The fourth-order valence-electron chi connectivity index (χ4n) is 2.12. The van der Waals surface area contributed by atoms with E-state index >= 15 is 0 Å². The van der Waals surface area contributed by atoms with Crippen LogP contribution in [0.1, 0.15) is 12.0 Å². The van der Waals surface area contributed by atoms with Gasteiger partial charge in [0.05, 0.1) is 20.3 Å². The third-order valence-corrected chi connectivity index (χ3v) is 2.98. The highest BCUT2D eigenvalue weighted by molar-refractivity contribution is 5.91. The van der Waals surface area contributed by atoms with Crippen molar-refractivity contribution in [2.45, 2.75) is 6.42 Å². The van der Waals surface area contributed by atoms with Gasteiger partial charge in [-0.15, -0.1) is 0 Å². The zero-order chi connectivity index (χ0) is 11.7. The Bertz CT molecular complexity index is 571. The van der Waals surface area contributed by atoms with Crippen molar-refractivity contribution in [2.75, 3.05) is 20.3 Å². The summed E-state index contributed by atoms with van der Waals surface area (Å²) >= 11 is 0. The zero-order valence-electron chi connectivity index (χ0n) is 9.60. The average molecular weight is 231 g/mol. The molecule has 4 heteroatoms. The number of methoxy groups -OCH3 is 1. The summed E-state index contributed by atoms with van der Waals surface area (Å²) in [4.78, 5) is 4.19. The highest BCUT2D eigenvalue weighted by atomic mass is 16.5. The molecular weight excluding hydrogens is 218 g/mol. The molecular formula is C13H13NO3. The molecule has 2 heterocycles. The molecule has 0 atom stereocenters. The van der Waals surface area contributed by atoms with E-state index in [0.29, 0.717) is 6.61 Å². The molecule has 88 valence electrons. The third-order valence-electron chi connectivity index (χ3n) is 2.98. The summed E-state index contributed by atoms with van der Waals surface area (Å²) in [5.41, 5.74) is 3.90. The van der Waals surface area contributed by atoms with E-state index in [2.05, 4.69) is 11.1 Å². The zero-order valence-corrected chi connectivity index (χ0v) is 9.60. The van der Waals surface area contributed by atoms with Crippen molar-refractivity contribution in [2.24, 2.45) is 0 Å². The second kappa shape index (κ2) is 4.22. The lowest BCUT2D eigenvalue weighted by molar-refractivity contribution is 0.161. The van der Waals surface area contributed by atoms with E-state index in [9.17, 15) is 0 Å². The standard InChI is InChI=1S/C13H13NO3/c1-15-11-3-2-10(9-4-6-16-7-5-9)13-12(11)14-8-17-13/h2-4,8H,5-7H2,1H3. The SMILES string of the molecule is COc1ccc(C2=CCOCC2)c2ocnc12. The van der Waals surface area contributed by atoms with Crippen LogP contribution in [0.3, 0.4) is 0 Å². The van der Waals surface area contributed by atoms with Crippen molar-refractivity contribution in [3.63, 3.8) is 0 Å². The second-order valence-corrected chi connectivity index (χ2v) is 3.90.